The second-order valence-corrected chi connectivity index (χ2v) is 8.63. The number of carbonyl (C=O) groups excluding carboxylic acids is 1. The van der Waals surface area contributed by atoms with Crippen molar-refractivity contribution in [1.82, 2.24) is 4.90 Å². The topological polar surface area (TPSA) is 47.3 Å². The van der Waals surface area contributed by atoms with Crippen LogP contribution in [0.2, 0.25) is 0 Å². The van der Waals surface area contributed by atoms with Gasteiger partial charge >= 0.3 is 0 Å². The number of piperazine rings is 1. The van der Waals surface area contributed by atoms with Crippen LogP contribution >= 0.6 is 11.3 Å². The molecule has 4 nitrogen and oxygen atoms in total. The fourth-order valence-corrected chi connectivity index (χ4v) is 4.74. The molecular formula is C22H27N3OS. The van der Waals surface area contributed by atoms with Gasteiger partial charge in [-0.1, -0.05) is 26.0 Å². The van der Waals surface area contributed by atoms with Gasteiger partial charge in [0.05, 0.1) is 17.7 Å². The second-order valence-electron chi connectivity index (χ2n) is 7.60. The fourth-order valence-electron chi connectivity index (χ4n) is 4.05. The Hall–Kier alpha value is -2.32. The number of hydrogen-bond acceptors (Lipinski definition) is 4. The Morgan fingerprint density at radius 2 is 2.11 bits per heavy atom. The minimum absolute atomic E-state index is 0.126. The second kappa shape index (κ2) is 8.14. The molecule has 3 rings (SSSR count). The normalized spacial score (nSPS) is 17.3. The Morgan fingerprint density at radius 1 is 1.33 bits per heavy atom. The van der Waals surface area contributed by atoms with Crippen molar-refractivity contribution in [3.05, 3.63) is 51.2 Å². The van der Waals surface area contributed by atoms with Gasteiger partial charge in [-0.05, 0) is 48.4 Å². The molecule has 0 bridgehead atoms. The minimum Gasteiger partial charge on any atom is -0.367 e. The Balaban J connectivity index is 1.77. The summed E-state index contributed by atoms with van der Waals surface area (Å²) in [6.45, 7) is 10.7. The first-order valence-electron chi connectivity index (χ1n) is 9.52. The lowest BCUT2D eigenvalue weighted by Gasteiger charge is -2.41. The summed E-state index contributed by atoms with van der Waals surface area (Å²) in [6, 6.07) is 10.8. The molecule has 2 aromatic rings. The van der Waals surface area contributed by atoms with E-state index in [1.807, 2.05) is 22.4 Å². The van der Waals surface area contributed by atoms with Crippen LogP contribution in [0.4, 0.5) is 5.69 Å². The van der Waals surface area contributed by atoms with Crippen LogP contribution in [0.25, 0.3) is 0 Å². The summed E-state index contributed by atoms with van der Waals surface area (Å²) >= 11 is 1.63. The summed E-state index contributed by atoms with van der Waals surface area (Å²) in [5, 5.41) is 11.8. The third-order valence-corrected chi connectivity index (χ3v) is 6.20. The standard InChI is InChI=1S/C22H27N3OS/c1-15(2)22-16(3)7-8-20(19(22)13-23)24-9-10-25(17(4)14-24)21(26)12-18-6-5-11-27-18/h5-8,11,15,17H,9-10,12,14H2,1-4H3. The molecule has 0 saturated carbocycles. The molecule has 1 saturated heterocycles. The SMILES string of the molecule is Cc1ccc(N2CCN(C(=O)Cc3cccs3)C(C)C2)c(C#N)c1C(C)C. The Morgan fingerprint density at radius 3 is 2.70 bits per heavy atom. The summed E-state index contributed by atoms with van der Waals surface area (Å²) in [5.74, 6) is 0.502. The summed E-state index contributed by atoms with van der Waals surface area (Å²) in [6.07, 6.45) is 0.480. The van der Waals surface area contributed by atoms with E-state index >= 15 is 0 Å². The molecule has 27 heavy (non-hydrogen) atoms. The summed E-state index contributed by atoms with van der Waals surface area (Å²) in [5.41, 5.74) is 4.10. The number of nitrogens with zero attached hydrogens (tertiary/aromatic N) is 3. The van der Waals surface area contributed by atoms with Crippen LogP contribution in [0.15, 0.2) is 29.6 Å². The maximum absolute atomic E-state index is 12.7. The van der Waals surface area contributed by atoms with E-state index in [0.29, 0.717) is 18.9 Å². The molecule has 142 valence electrons. The maximum Gasteiger partial charge on any atom is 0.228 e. The molecule has 1 unspecified atom stereocenters. The first-order chi connectivity index (χ1) is 12.9. The van der Waals surface area contributed by atoms with Crippen LogP contribution in [-0.4, -0.2) is 36.5 Å². The maximum atomic E-state index is 12.7. The molecule has 1 aliphatic rings. The first kappa shape index (κ1) is 19.4. The van der Waals surface area contributed by atoms with E-state index < -0.39 is 0 Å². The zero-order chi connectivity index (χ0) is 19.6. The molecule has 1 aliphatic heterocycles. The number of amides is 1. The molecule has 0 N–H and O–H groups in total. The van der Waals surface area contributed by atoms with E-state index in [-0.39, 0.29) is 11.9 Å². The van der Waals surface area contributed by atoms with Crippen molar-refractivity contribution in [2.24, 2.45) is 0 Å². The predicted molar refractivity (Wildman–Crippen MR) is 111 cm³/mol. The number of rotatable bonds is 4. The van der Waals surface area contributed by atoms with E-state index in [0.717, 1.165) is 34.8 Å². The van der Waals surface area contributed by atoms with Crippen molar-refractivity contribution in [2.75, 3.05) is 24.5 Å². The van der Waals surface area contributed by atoms with Crippen molar-refractivity contribution in [3.8, 4) is 6.07 Å². The highest BCUT2D eigenvalue weighted by Gasteiger charge is 2.29. The molecule has 0 radical (unpaired) electrons. The Labute approximate surface area is 166 Å². The van der Waals surface area contributed by atoms with Crippen molar-refractivity contribution < 1.29 is 4.79 Å². The van der Waals surface area contributed by atoms with Gasteiger partial charge in [-0.15, -0.1) is 11.3 Å². The molecule has 5 heteroatoms. The van der Waals surface area contributed by atoms with Crippen molar-refractivity contribution in [2.45, 2.75) is 46.1 Å². The number of aryl methyl sites for hydroxylation is 1. The van der Waals surface area contributed by atoms with Crippen molar-refractivity contribution in [1.29, 1.82) is 5.26 Å². The Kier molecular flexibility index (Phi) is 5.86. The first-order valence-corrected chi connectivity index (χ1v) is 10.4. The van der Waals surface area contributed by atoms with Gasteiger partial charge in [-0.3, -0.25) is 4.79 Å². The van der Waals surface area contributed by atoms with E-state index in [2.05, 4.69) is 50.8 Å². The highest BCUT2D eigenvalue weighted by atomic mass is 32.1. The van der Waals surface area contributed by atoms with E-state index in [1.165, 1.54) is 5.56 Å². The molecule has 2 heterocycles. The van der Waals surface area contributed by atoms with Crippen molar-refractivity contribution >= 4 is 22.9 Å². The zero-order valence-corrected chi connectivity index (χ0v) is 17.3. The molecule has 1 atom stereocenters. The lowest BCUT2D eigenvalue weighted by Crippen LogP contribution is -2.54. The lowest BCUT2D eigenvalue weighted by molar-refractivity contribution is -0.132. The highest BCUT2D eigenvalue weighted by molar-refractivity contribution is 7.10. The lowest BCUT2D eigenvalue weighted by atomic mass is 9.91. The number of anilines is 1. The Bertz CT molecular complexity index is 851. The van der Waals surface area contributed by atoms with Crippen LogP contribution in [0.1, 0.15) is 48.3 Å². The number of hydrogen-bond donors (Lipinski definition) is 0. The molecule has 0 spiro atoms. The molecule has 1 aromatic carbocycles. The van der Waals surface area contributed by atoms with Crippen LogP contribution in [0, 0.1) is 18.3 Å². The number of thiophene rings is 1. The molecule has 1 aromatic heterocycles. The van der Waals surface area contributed by atoms with Gasteiger partial charge in [0.1, 0.15) is 6.07 Å². The number of carbonyl (C=O) groups is 1. The quantitative estimate of drug-likeness (QED) is 0.792. The van der Waals surface area contributed by atoms with Gasteiger partial charge in [0, 0.05) is 30.6 Å². The third-order valence-electron chi connectivity index (χ3n) is 5.32. The molecule has 0 aliphatic carbocycles. The molecular weight excluding hydrogens is 354 g/mol. The van der Waals surface area contributed by atoms with Crippen LogP contribution < -0.4 is 4.90 Å². The van der Waals surface area contributed by atoms with Gasteiger partial charge in [0.25, 0.3) is 0 Å². The summed E-state index contributed by atoms with van der Waals surface area (Å²) in [7, 11) is 0. The summed E-state index contributed by atoms with van der Waals surface area (Å²) < 4.78 is 0. The van der Waals surface area contributed by atoms with Gasteiger partial charge in [0.15, 0.2) is 0 Å². The van der Waals surface area contributed by atoms with Crippen LogP contribution in [0.3, 0.4) is 0 Å². The number of nitriles is 1. The predicted octanol–water partition coefficient (Wildman–Crippen LogP) is 4.33. The zero-order valence-electron chi connectivity index (χ0n) is 16.5. The fraction of sp³-hybridized carbons (Fsp3) is 0.455. The van der Waals surface area contributed by atoms with Crippen LogP contribution in [0.5, 0.6) is 0 Å². The smallest absolute Gasteiger partial charge is 0.228 e. The molecule has 1 fully saturated rings. The van der Waals surface area contributed by atoms with Gasteiger partial charge < -0.3 is 9.80 Å². The summed E-state index contributed by atoms with van der Waals surface area (Å²) in [4.78, 5) is 18.1. The highest BCUT2D eigenvalue weighted by Crippen LogP contribution is 2.32. The largest absolute Gasteiger partial charge is 0.367 e. The van der Waals surface area contributed by atoms with Gasteiger partial charge in [-0.2, -0.15) is 5.26 Å². The van der Waals surface area contributed by atoms with E-state index in [1.54, 1.807) is 11.3 Å². The average Bonchev–Trinajstić information content (AvgIpc) is 3.13. The van der Waals surface area contributed by atoms with Gasteiger partial charge in [0.2, 0.25) is 5.91 Å². The number of benzene rings is 1. The van der Waals surface area contributed by atoms with E-state index in [9.17, 15) is 10.1 Å². The van der Waals surface area contributed by atoms with Gasteiger partial charge in [-0.25, -0.2) is 0 Å². The monoisotopic (exact) mass is 381 g/mol. The van der Waals surface area contributed by atoms with Crippen LogP contribution in [-0.2, 0) is 11.2 Å². The molecule has 1 amide bonds. The minimum atomic E-state index is 0.126. The van der Waals surface area contributed by atoms with Crippen molar-refractivity contribution in [3.63, 3.8) is 0 Å². The third kappa shape index (κ3) is 4.01. The van der Waals surface area contributed by atoms with E-state index in [4.69, 9.17) is 0 Å². The average molecular weight is 382 g/mol.